The number of methoxy groups -OCH3 is 1. The first-order valence-corrected chi connectivity index (χ1v) is 14.5. The van der Waals surface area contributed by atoms with E-state index in [4.69, 9.17) is 4.74 Å². The number of hydrogen-bond donors (Lipinski definition) is 3. The molecule has 1 aromatic heterocycles. The molecule has 0 saturated carbocycles. The summed E-state index contributed by atoms with van der Waals surface area (Å²) in [5.41, 5.74) is 2.07. The van der Waals surface area contributed by atoms with Crippen molar-refractivity contribution in [2.75, 3.05) is 69.0 Å². The standard InChI is InChI=1S/C31H41F2N7O2/c1-20-16-27(40-10-8-22(9-11-40)39-14-12-38(4)13-15-39)28(42-5)18-25(20)36-30-34-19-24(33)29(37-30)35-26-17-21(32)6-7-23(26)31(2,3)41/h6-7,16-19,22,41H,8-15H2,1-5H3,(H2,34,35,36,37). The molecule has 0 aliphatic carbocycles. The molecule has 42 heavy (non-hydrogen) atoms. The van der Waals surface area contributed by atoms with Gasteiger partial charge < -0.3 is 30.3 Å². The van der Waals surface area contributed by atoms with Gasteiger partial charge in [0.15, 0.2) is 11.6 Å². The molecule has 0 bridgehead atoms. The summed E-state index contributed by atoms with van der Waals surface area (Å²) in [7, 11) is 3.84. The van der Waals surface area contributed by atoms with Gasteiger partial charge in [0, 0.05) is 68.3 Å². The van der Waals surface area contributed by atoms with Gasteiger partial charge in [-0.2, -0.15) is 4.98 Å². The van der Waals surface area contributed by atoms with Gasteiger partial charge in [-0.05, 0) is 64.4 Å². The van der Waals surface area contributed by atoms with Crippen LogP contribution in [-0.2, 0) is 5.60 Å². The predicted molar refractivity (Wildman–Crippen MR) is 162 cm³/mol. The van der Waals surface area contributed by atoms with E-state index in [-0.39, 0.29) is 17.5 Å². The maximum atomic E-state index is 14.7. The Morgan fingerprint density at radius 3 is 2.36 bits per heavy atom. The average Bonchev–Trinajstić information content (AvgIpc) is 2.95. The summed E-state index contributed by atoms with van der Waals surface area (Å²) in [5.74, 6) is -0.490. The summed E-state index contributed by atoms with van der Waals surface area (Å²) in [6.07, 6.45) is 3.28. The van der Waals surface area contributed by atoms with Crippen LogP contribution in [-0.4, -0.2) is 84.3 Å². The maximum absolute atomic E-state index is 14.7. The Hall–Kier alpha value is -3.54. The Bertz CT molecular complexity index is 1400. The minimum atomic E-state index is -1.28. The highest BCUT2D eigenvalue weighted by atomic mass is 19.1. The molecule has 0 unspecified atom stereocenters. The first-order chi connectivity index (χ1) is 20.0. The van der Waals surface area contributed by atoms with Crippen LogP contribution in [0.4, 0.5) is 37.6 Å². The van der Waals surface area contributed by atoms with E-state index in [1.165, 1.54) is 18.2 Å². The van der Waals surface area contributed by atoms with Crippen molar-refractivity contribution in [3.8, 4) is 5.75 Å². The molecule has 2 saturated heterocycles. The minimum absolute atomic E-state index is 0.145. The zero-order valence-electron chi connectivity index (χ0n) is 25.0. The molecule has 0 atom stereocenters. The molecule has 5 rings (SSSR count). The molecular formula is C31H41F2N7O2. The van der Waals surface area contributed by atoms with Gasteiger partial charge in [-0.25, -0.2) is 13.8 Å². The van der Waals surface area contributed by atoms with Gasteiger partial charge in [0.05, 0.1) is 24.6 Å². The molecule has 0 radical (unpaired) electrons. The largest absolute Gasteiger partial charge is 0.495 e. The molecule has 3 N–H and O–H groups in total. The van der Waals surface area contributed by atoms with Gasteiger partial charge in [0.2, 0.25) is 5.95 Å². The highest BCUT2D eigenvalue weighted by molar-refractivity contribution is 5.72. The number of halogens is 2. The smallest absolute Gasteiger partial charge is 0.229 e. The fourth-order valence-electron chi connectivity index (χ4n) is 5.79. The molecule has 9 nitrogen and oxygen atoms in total. The number of aromatic nitrogens is 2. The molecule has 3 aromatic rings. The number of piperazine rings is 1. The quantitative estimate of drug-likeness (QED) is 0.340. The fourth-order valence-corrected chi connectivity index (χ4v) is 5.79. The highest BCUT2D eigenvalue weighted by Gasteiger charge is 2.28. The van der Waals surface area contributed by atoms with Crippen molar-refractivity contribution in [1.29, 1.82) is 0 Å². The zero-order valence-corrected chi connectivity index (χ0v) is 25.0. The predicted octanol–water partition coefficient (Wildman–Crippen LogP) is 5.00. The van der Waals surface area contributed by atoms with Crippen molar-refractivity contribution < 1.29 is 18.6 Å². The SMILES string of the molecule is COc1cc(Nc2ncc(F)c(Nc3cc(F)ccc3C(C)(C)O)n2)c(C)cc1N1CCC(N2CCN(C)CC2)CC1. The number of aliphatic hydroxyl groups is 1. The Morgan fingerprint density at radius 1 is 0.976 bits per heavy atom. The summed E-state index contributed by atoms with van der Waals surface area (Å²) in [5, 5.41) is 16.5. The first-order valence-electron chi connectivity index (χ1n) is 14.5. The Balaban J connectivity index is 1.31. The van der Waals surface area contributed by atoms with Crippen LogP contribution in [0.5, 0.6) is 5.75 Å². The van der Waals surface area contributed by atoms with Crippen LogP contribution in [0, 0.1) is 18.6 Å². The van der Waals surface area contributed by atoms with E-state index in [0.717, 1.165) is 81.0 Å². The van der Waals surface area contributed by atoms with E-state index in [2.05, 4.69) is 48.4 Å². The molecule has 226 valence electrons. The number of nitrogens with zero attached hydrogens (tertiary/aromatic N) is 5. The molecular weight excluding hydrogens is 540 g/mol. The summed E-state index contributed by atoms with van der Waals surface area (Å²) >= 11 is 0. The average molecular weight is 582 g/mol. The van der Waals surface area contributed by atoms with Crippen LogP contribution >= 0.6 is 0 Å². The number of aryl methyl sites for hydroxylation is 1. The van der Waals surface area contributed by atoms with E-state index in [1.807, 2.05) is 13.0 Å². The Morgan fingerprint density at radius 2 is 1.69 bits per heavy atom. The second-order valence-corrected chi connectivity index (χ2v) is 11.8. The number of hydrogen-bond acceptors (Lipinski definition) is 9. The Labute approximate surface area is 246 Å². The lowest BCUT2D eigenvalue weighted by atomic mass is 9.96. The van der Waals surface area contributed by atoms with Crippen LogP contribution in [0.1, 0.15) is 37.8 Å². The van der Waals surface area contributed by atoms with E-state index in [9.17, 15) is 13.9 Å². The Kier molecular flexibility index (Phi) is 8.81. The van der Waals surface area contributed by atoms with Gasteiger partial charge in [0.1, 0.15) is 11.6 Å². The normalized spacial score (nSPS) is 17.4. The number of ether oxygens (including phenoxy) is 1. The number of benzene rings is 2. The summed E-state index contributed by atoms with van der Waals surface area (Å²) in [6, 6.07) is 8.54. The topological polar surface area (TPSA) is 89.0 Å². The number of likely N-dealkylation sites (N-methyl/N-ethyl adjacent to an activating group) is 1. The monoisotopic (exact) mass is 581 g/mol. The molecule has 0 spiro atoms. The van der Waals surface area contributed by atoms with Crippen molar-refractivity contribution in [3.05, 3.63) is 59.3 Å². The van der Waals surface area contributed by atoms with Crippen LogP contribution in [0.25, 0.3) is 0 Å². The van der Waals surface area contributed by atoms with Crippen LogP contribution in [0.15, 0.2) is 36.5 Å². The molecule has 2 fully saturated rings. The lowest BCUT2D eigenvalue weighted by Crippen LogP contribution is -2.52. The molecule has 3 heterocycles. The van der Waals surface area contributed by atoms with Crippen molar-refractivity contribution in [2.24, 2.45) is 0 Å². The summed E-state index contributed by atoms with van der Waals surface area (Å²) in [4.78, 5) is 15.8. The lowest BCUT2D eigenvalue weighted by molar-refractivity contribution is 0.0793. The number of anilines is 5. The lowest BCUT2D eigenvalue weighted by Gasteiger charge is -2.42. The number of nitrogens with one attached hydrogen (secondary N) is 2. The van der Waals surface area contributed by atoms with Crippen molar-refractivity contribution in [1.82, 2.24) is 19.8 Å². The second kappa shape index (κ2) is 12.4. The van der Waals surface area contributed by atoms with Crippen molar-refractivity contribution >= 4 is 28.8 Å². The van der Waals surface area contributed by atoms with Crippen LogP contribution in [0.3, 0.4) is 0 Å². The van der Waals surface area contributed by atoms with Gasteiger partial charge in [0.25, 0.3) is 0 Å². The molecule has 2 aliphatic heterocycles. The summed E-state index contributed by atoms with van der Waals surface area (Å²) in [6.45, 7) is 11.6. The van der Waals surface area contributed by atoms with Gasteiger partial charge in [-0.15, -0.1) is 0 Å². The third-order valence-corrected chi connectivity index (χ3v) is 8.27. The van der Waals surface area contributed by atoms with Gasteiger partial charge in [-0.3, -0.25) is 4.90 Å². The zero-order chi connectivity index (χ0) is 30.0. The summed E-state index contributed by atoms with van der Waals surface area (Å²) < 4.78 is 34.6. The van der Waals surface area contributed by atoms with Gasteiger partial charge in [-0.1, -0.05) is 6.07 Å². The van der Waals surface area contributed by atoms with E-state index < -0.39 is 17.2 Å². The molecule has 2 aliphatic rings. The molecule has 11 heteroatoms. The number of piperidine rings is 1. The minimum Gasteiger partial charge on any atom is -0.495 e. The maximum Gasteiger partial charge on any atom is 0.229 e. The number of rotatable bonds is 8. The fraction of sp³-hybridized carbons (Fsp3) is 0.484. The second-order valence-electron chi connectivity index (χ2n) is 11.8. The van der Waals surface area contributed by atoms with Crippen molar-refractivity contribution in [2.45, 2.75) is 45.3 Å². The highest BCUT2D eigenvalue weighted by Crippen LogP contribution is 2.37. The molecule has 2 aromatic carbocycles. The molecule has 0 amide bonds. The van der Waals surface area contributed by atoms with Crippen LogP contribution < -0.4 is 20.3 Å². The first kappa shape index (κ1) is 29.9. The van der Waals surface area contributed by atoms with E-state index >= 15 is 0 Å². The third kappa shape index (κ3) is 6.74. The van der Waals surface area contributed by atoms with E-state index in [1.54, 1.807) is 21.0 Å². The van der Waals surface area contributed by atoms with Gasteiger partial charge >= 0.3 is 0 Å². The van der Waals surface area contributed by atoms with Crippen molar-refractivity contribution in [3.63, 3.8) is 0 Å². The third-order valence-electron chi connectivity index (χ3n) is 8.27. The van der Waals surface area contributed by atoms with Crippen LogP contribution in [0.2, 0.25) is 0 Å². The van der Waals surface area contributed by atoms with E-state index in [0.29, 0.717) is 11.6 Å².